The number of aromatic amines is 1. The van der Waals surface area contributed by atoms with E-state index in [4.69, 9.17) is 0 Å². The fraction of sp³-hybridized carbons (Fsp3) is 0.238. The summed E-state index contributed by atoms with van der Waals surface area (Å²) < 4.78 is 41.3. The third-order valence-corrected chi connectivity index (χ3v) is 6.37. The van der Waals surface area contributed by atoms with E-state index in [1.807, 2.05) is 31.3 Å². The average molecular weight is 476 g/mol. The van der Waals surface area contributed by atoms with E-state index < -0.39 is 6.55 Å². The maximum atomic E-state index is 14.5. The van der Waals surface area contributed by atoms with Crippen molar-refractivity contribution in [3.63, 3.8) is 0 Å². The Morgan fingerprint density at radius 3 is 2.87 bits per heavy atom. The van der Waals surface area contributed by atoms with Gasteiger partial charge in [0.05, 0.1) is 22.2 Å². The van der Waals surface area contributed by atoms with Gasteiger partial charge in [0.1, 0.15) is 11.5 Å². The van der Waals surface area contributed by atoms with Crippen molar-refractivity contribution in [1.82, 2.24) is 20.0 Å². The summed E-state index contributed by atoms with van der Waals surface area (Å²) in [6, 6.07) is 9.63. The second-order valence-corrected chi connectivity index (χ2v) is 8.24. The highest BCUT2D eigenvalue weighted by Gasteiger charge is 2.29. The molecule has 4 aromatic rings. The van der Waals surface area contributed by atoms with Gasteiger partial charge in [-0.3, -0.25) is 5.10 Å². The Morgan fingerprint density at radius 1 is 1.27 bits per heavy atom. The molecule has 1 atom stereocenters. The lowest BCUT2D eigenvalue weighted by molar-refractivity contribution is 0.0566. The van der Waals surface area contributed by atoms with Crippen LogP contribution < -0.4 is 4.90 Å². The molecule has 0 amide bonds. The number of hydrogen-bond donors (Lipinski definition) is 1. The van der Waals surface area contributed by atoms with Crippen LogP contribution in [0.3, 0.4) is 0 Å². The number of aromatic nitrogens is 4. The summed E-state index contributed by atoms with van der Waals surface area (Å²) in [6.07, 6.45) is 4.16. The van der Waals surface area contributed by atoms with Crippen molar-refractivity contribution in [2.24, 2.45) is 0 Å². The molecule has 1 aliphatic carbocycles. The standard InChI is InChI=1S/C21H17BrF3N5/c1-29(18-7-4-14-13(18)3-5-16(22)19(14)23)12-2-6-17-15(8-12)20(28-27-17)11-9-26-30(10-11)21(24)25/h2-3,5-6,8-10,18,21H,4,7H2,1H3,(H,27,28). The van der Waals surface area contributed by atoms with Gasteiger partial charge in [0, 0.05) is 29.9 Å². The predicted octanol–water partition coefficient (Wildman–Crippen LogP) is 5.85. The predicted molar refractivity (Wildman–Crippen MR) is 112 cm³/mol. The molecule has 0 saturated carbocycles. The first-order chi connectivity index (χ1) is 14.4. The average Bonchev–Trinajstić information content (AvgIpc) is 3.47. The molecule has 0 radical (unpaired) electrons. The Bertz CT molecular complexity index is 1250. The van der Waals surface area contributed by atoms with Crippen LogP contribution in [0.5, 0.6) is 0 Å². The molecule has 0 fully saturated rings. The minimum absolute atomic E-state index is 0.0528. The van der Waals surface area contributed by atoms with Crippen LogP contribution in [0.15, 0.2) is 47.2 Å². The maximum absolute atomic E-state index is 14.5. The van der Waals surface area contributed by atoms with E-state index in [0.29, 0.717) is 26.8 Å². The zero-order valence-corrected chi connectivity index (χ0v) is 17.5. The molecule has 9 heteroatoms. The molecular formula is C21H17BrF3N5. The first-order valence-electron chi connectivity index (χ1n) is 9.44. The Labute approximate surface area is 178 Å². The summed E-state index contributed by atoms with van der Waals surface area (Å²) in [7, 11) is 1.98. The molecule has 2 aromatic carbocycles. The van der Waals surface area contributed by atoms with E-state index in [2.05, 4.69) is 36.1 Å². The summed E-state index contributed by atoms with van der Waals surface area (Å²) in [6.45, 7) is -2.70. The van der Waals surface area contributed by atoms with Crippen molar-refractivity contribution in [2.45, 2.75) is 25.4 Å². The molecule has 154 valence electrons. The van der Waals surface area contributed by atoms with Gasteiger partial charge in [0.15, 0.2) is 0 Å². The first kappa shape index (κ1) is 19.2. The van der Waals surface area contributed by atoms with Crippen molar-refractivity contribution in [3.05, 3.63) is 64.1 Å². The highest BCUT2D eigenvalue weighted by molar-refractivity contribution is 9.10. The maximum Gasteiger partial charge on any atom is 0.333 e. The number of rotatable bonds is 4. The van der Waals surface area contributed by atoms with E-state index >= 15 is 0 Å². The molecule has 5 rings (SSSR count). The van der Waals surface area contributed by atoms with Gasteiger partial charge in [0.2, 0.25) is 0 Å². The summed E-state index contributed by atoms with van der Waals surface area (Å²) in [4.78, 5) is 2.12. The summed E-state index contributed by atoms with van der Waals surface area (Å²) in [5, 5.41) is 11.8. The first-order valence-corrected chi connectivity index (χ1v) is 10.2. The molecule has 2 heterocycles. The monoisotopic (exact) mass is 475 g/mol. The second kappa shape index (κ2) is 7.16. The molecule has 5 nitrogen and oxygen atoms in total. The van der Waals surface area contributed by atoms with Crippen molar-refractivity contribution in [2.75, 3.05) is 11.9 Å². The number of H-pyrrole nitrogens is 1. The molecule has 30 heavy (non-hydrogen) atoms. The van der Waals surface area contributed by atoms with Crippen LogP contribution in [-0.4, -0.2) is 27.0 Å². The van der Waals surface area contributed by atoms with Gasteiger partial charge in [-0.1, -0.05) is 6.07 Å². The van der Waals surface area contributed by atoms with Crippen LogP contribution >= 0.6 is 15.9 Å². The Morgan fingerprint density at radius 2 is 2.10 bits per heavy atom. The summed E-state index contributed by atoms with van der Waals surface area (Å²) in [5.74, 6) is -0.188. The zero-order valence-electron chi connectivity index (χ0n) is 15.9. The molecule has 0 bridgehead atoms. The van der Waals surface area contributed by atoms with Gasteiger partial charge in [-0.05, 0) is 64.2 Å². The summed E-state index contributed by atoms with van der Waals surface area (Å²) >= 11 is 3.26. The number of benzene rings is 2. The van der Waals surface area contributed by atoms with Crippen molar-refractivity contribution in [3.8, 4) is 11.3 Å². The largest absolute Gasteiger partial charge is 0.368 e. The van der Waals surface area contributed by atoms with E-state index in [1.165, 1.54) is 12.4 Å². The third-order valence-electron chi connectivity index (χ3n) is 5.76. The fourth-order valence-electron chi connectivity index (χ4n) is 4.20. The van der Waals surface area contributed by atoms with Crippen molar-refractivity contribution in [1.29, 1.82) is 0 Å². The number of nitrogens with zero attached hydrogens (tertiary/aromatic N) is 4. The zero-order chi connectivity index (χ0) is 21.0. The van der Waals surface area contributed by atoms with Crippen LogP contribution in [0.2, 0.25) is 0 Å². The number of nitrogens with one attached hydrogen (secondary N) is 1. The molecule has 2 aromatic heterocycles. The van der Waals surface area contributed by atoms with Gasteiger partial charge < -0.3 is 4.90 Å². The smallest absolute Gasteiger partial charge is 0.333 e. The topological polar surface area (TPSA) is 49.7 Å². The van der Waals surface area contributed by atoms with Crippen molar-refractivity contribution >= 4 is 32.5 Å². The SMILES string of the molecule is CN(c1ccc2[nH]nc(-c3cnn(C(F)F)c3)c2c1)C1CCc2c1ccc(Br)c2F. The van der Waals surface area contributed by atoms with Crippen LogP contribution in [0.25, 0.3) is 22.2 Å². The van der Waals surface area contributed by atoms with Gasteiger partial charge >= 0.3 is 6.55 Å². The van der Waals surface area contributed by atoms with Gasteiger partial charge in [-0.15, -0.1) is 0 Å². The lowest BCUT2D eigenvalue weighted by Crippen LogP contribution is -2.22. The van der Waals surface area contributed by atoms with Crippen LogP contribution in [0, 0.1) is 5.82 Å². The van der Waals surface area contributed by atoms with E-state index in [1.54, 1.807) is 6.07 Å². The Kier molecular flexibility index (Phi) is 4.57. The fourth-order valence-corrected chi connectivity index (χ4v) is 4.57. The highest BCUT2D eigenvalue weighted by atomic mass is 79.9. The van der Waals surface area contributed by atoms with Crippen LogP contribution in [-0.2, 0) is 6.42 Å². The van der Waals surface area contributed by atoms with Gasteiger partial charge in [0.25, 0.3) is 0 Å². The van der Waals surface area contributed by atoms with Gasteiger partial charge in [-0.25, -0.2) is 9.07 Å². The number of alkyl halides is 2. The Balaban J connectivity index is 1.52. The molecule has 1 unspecified atom stereocenters. The summed E-state index contributed by atoms with van der Waals surface area (Å²) in [5.41, 5.74) is 4.56. The van der Waals surface area contributed by atoms with Crippen LogP contribution in [0.1, 0.15) is 30.1 Å². The molecule has 1 aliphatic rings. The molecule has 0 aliphatic heterocycles. The number of fused-ring (bicyclic) bond motifs is 2. The number of anilines is 1. The minimum atomic E-state index is -2.70. The van der Waals surface area contributed by atoms with Gasteiger partial charge in [-0.2, -0.15) is 19.0 Å². The molecule has 0 spiro atoms. The number of hydrogen-bond acceptors (Lipinski definition) is 3. The van der Waals surface area contributed by atoms with Crippen LogP contribution in [0.4, 0.5) is 18.9 Å². The lowest BCUT2D eigenvalue weighted by Gasteiger charge is -2.28. The molecular weight excluding hydrogens is 459 g/mol. The lowest BCUT2D eigenvalue weighted by atomic mass is 10.1. The van der Waals surface area contributed by atoms with E-state index in [0.717, 1.165) is 34.1 Å². The Hall–Kier alpha value is -2.81. The second-order valence-electron chi connectivity index (χ2n) is 7.38. The molecule has 1 N–H and O–H groups in total. The van der Waals surface area contributed by atoms with E-state index in [9.17, 15) is 13.2 Å². The third kappa shape index (κ3) is 2.99. The quantitative estimate of drug-likeness (QED) is 0.402. The van der Waals surface area contributed by atoms with E-state index in [-0.39, 0.29) is 11.9 Å². The minimum Gasteiger partial charge on any atom is -0.368 e. The molecule has 0 saturated heterocycles. The number of halogens is 4. The highest BCUT2D eigenvalue weighted by Crippen LogP contribution is 2.41. The van der Waals surface area contributed by atoms with Crippen molar-refractivity contribution < 1.29 is 13.2 Å². The normalized spacial score (nSPS) is 15.9.